The minimum Gasteiger partial charge on any atom is -0.372 e. The van der Waals surface area contributed by atoms with Crippen LogP contribution >= 0.6 is 0 Å². The van der Waals surface area contributed by atoms with E-state index < -0.39 is 0 Å². The molecule has 0 aromatic carbocycles. The monoisotopic (exact) mass is 200 g/mol. The number of carbonyl (C=O) groups is 1. The van der Waals surface area contributed by atoms with Crippen LogP contribution in [-0.4, -0.2) is 49.2 Å². The van der Waals surface area contributed by atoms with Crippen LogP contribution in [0.2, 0.25) is 0 Å². The lowest BCUT2D eigenvalue weighted by Gasteiger charge is -2.37. The molecule has 1 saturated heterocycles. The predicted octanol–water partition coefficient (Wildman–Crippen LogP) is 0.230. The number of methoxy groups -OCH3 is 1. The van der Waals surface area contributed by atoms with E-state index in [0.717, 1.165) is 13.1 Å². The van der Waals surface area contributed by atoms with Gasteiger partial charge in [-0.3, -0.25) is 4.79 Å². The fourth-order valence-corrected chi connectivity index (χ4v) is 1.86. The molecule has 82 valence electrons. The van der Waals surface area contributed by atoms with Crippen molar-refractivity contribution < 1.29 is 9.53 Å². The molecular weight excluding hydrogens is 180 g/mol. The molecule has 0 aromatic heterocycles. The molecule has 0 aliphatic carbocycles. The number of hydrogen-bond acceptors (Lipinski definition) is 3. The van der Waals surface area contributed by atoms with Crippen molar-refractivity contribution in [3.05, 3.63) is 0 Å². The maximum absolute atomic E-state index is 11.8. The molecule has 1 rings (SSSR count). The van der Waals surface area contributed by atoms with Gasteiger partial charge in [0.1, 0.15) is 6.10 Å². The molecule has 3 atom stereocenters. The molecule has 1 unspecified atom stereocenters. The Morgan fingerprint density at radius 3 is 2.36 bits per heavy atom. The number of piperazine rings is 1. The number of amides is 1. The number of rotatable bonds is 2. The first-order valence-electron chi connectivity index (χ1n) is 5.12. The van der Waals surface area contributed by atoms with Crippen molar-refractivity contribution in [2.24, 2.45) is 0 Å². The van der Waals surface area contributed by atoms with Crippen molar-refractivity contribution in [3.8, 4) is 0 Å². The summed E-state index contributed by atoms with van der Waals surface area (Å²) in [6.45, 7) is 7.52. The molecule has 14 heavy (non-hydrogen) atoms. The topological polar surface area (TPSA) is 41.6 Å². The first kappa shape index (κ1) is 11.5. The minimum atomic E-state index is -0.326. The van der Waals surface area contributed by atoms with Crippen LogP contribution in [0.1, 0.15) is 20.8 Å². The number of nitrogens with one attached hydrogen (secondary N) is 1. The summed E-state index contributed by atoms with van der Waals surface area (Å²) in [4.78, 5) is 13.7. The Morgan fingerprint density at radius 1 is 1.43 bits per heavy atom. The molecule has 0 radical (unpaired) electrons. The minimum absolute atomic E-state index is 0.0905. The zero-order chi connectivity index (χ0) is 10.7. The van der Waals surface area contributed by atoms with Crippen LogP contribution in [0.3, 0.4) is 0 Å². The normalized spacial score (nSPS) is 30.1. The third-order valence-corrected chi connectivity index (χ3v) is 2.57. The van der Waals surface area contributed by atoms with Crippen molar-refractivity contribution in [1.29, 1.82) is 0 Å². The van der Waals surface area contributed by atoms with Crippen LogP contribution in [0.15, 0.2) is 0 Å². The van der Waals surface area contributed by atoms with Gasteiger partial charge in [-0.1, -0.05) is 0 Å². The molecule has 1 amide bonds. The van der Waals surface area contributed by atoms with E-state index in [-0.39, 0.29) is 12.0 Å². The molecule has 0 bridgehead atoms. The summed E-state index contributed by atoms with van der Waals surface area (Å²) >= 11 is 0. The van der Waals surface area contributed by atoms with Gasteiger partial charge in [-0.25, -0.2) is 0 Å². The van der Waals surface area contributed by atoms with Gasteiger partial charge >= 0.3 is 0 Å². The quantitative estimate of drug-likeness (QED) is 0.694. The molecule has 1 aliphatic rings. The Hall–Kier alpha value is -0.610. The molecule has 1 aliphatic heterocycles. The van der Waals surface area contributed by atoms with Gasteiger partial charge < -0.3 is 15.0 Å². The second-order valence-corrected chi connectivity index (χ2v) is 4.09. The first-order chi connectivity index (χ1) is 6.54. The third-order valence-electron chi connectivity index (χ3n) is 2.57. The number of ether oxygens (including phenoxy) is 1. The van der Waals surface area contributed by atoms with E-state index in [9.17, 15) is 4.79 Å². The molecule has 0 aromatic rings. The Morgan fingerprint density at radius 2 is 1.93 bits per heavy atom. The van der Waals surface area contributed by atoms with Gasteiger partial charge in [-0.05, 0) is 20.8 Å². The van der Waals surface area contributed by atoms with Gasteiger partial charge in [-0.2, -0.15) is 0 Å². The predicted molar refractivity (Wildman–Crippen MR) is 55.1 cm³/mol. The molecule has 1 fully saturated rings. The van der Waals surface area contributed by atoms with Crippen LogP contribution in [-0.2, 0) is 9.53 Å². The zero-order valence-corrected chi connectivity index (χ0v) is 9.41. The molecule has 0 saturated carbocycles. The van der Waals surface area contributed by atoms with Crippen molar-refractivity contribution in [3.63, 3.8) is 0 Å². The average Bonchev–Trinajstić information content (AvgIpc) is 2.14. The lowest BCUT2D eigenvalue weighted by atomic mass is 10.1. The number of hydrogen-bond donors (Lipinski definition) is 1. The van der Waals surface area contributed by atoms with Crippen LogP contribution in [0.5, 0.6) is 0 Å². The number of nitrogens with zero attached hydrogens (tertiary/aromatic N) is 1. The Labute approximate surface area is 85.6 Å². The number of carbonyl (C=O) groups excluding carboxylic acids is 1. The van der Waals surface area contributed by atoms with Gasteiger partial charge in [0.25, 0.3) is 5.91 Å². The van der Waals surface area contributed by atoms with E-state index in [0.29, 0.717) is 12.1 Å². The third kappa shape index (κ3) is 2.69. The molecule has 4 heteroatoms. The molecular formula is C10H20N2O2. The van der Waals surface area contributed by atoms with E-state index >= 15 is 0 Å². The summed E-state index contributed by atoms with van der Waals surface area (Å²) in [7, 11) is 1.57. The van der Waals surface area contributed by atoms with Crippen molar-refractivity contribution in [2.75, 3.05) is 20.2 Å². The van der Waals surface area contributed by atoms with Crippen LogP contribution < -0.4 is 5.32 Å². The molecule has 1 heterocycles. The van der Waals surface area contributed by atoms with Gasteiger partial charge in [0.2, 0.25) is 0 Å². The lowest BCUT2D eigenvalue weighted by Crippen LogP contribution is -2.57. The highest BCUT2D eigenvalue weighted by molar-refractivity contribution is 5.80. The summed E-state index contributed by atoms with van der Waals surface area (Å²) in [6.07, 6.45) is -0.326. The van der Waals surface area contributed by atoms with E-state index in [1.165, 1.54) is 0 Å². The van der Waals surface area contributed by atoms with Crippen molar-refractivity contribution in [1.82, 2.24) is 10.2 Å². The maximum Gasteiger partial charge on any atom is 0.251 e. The van der Waals surface area contributed by atoms with Crippen molar-refractivity contribution in [2.45, 2.75) is 39.0 Å². The summed E-state index contributed by atoms with van der Waals surface area (Å²) in [5, 5.41) is 3.39. The van der Waals surface area contributed by atoms with Crippen molar-refractivity contribution >= 4 is 5.91 Å². The van der Waals surface area contributed by atoms with Gasteiger partial charge in [0.15, 0.2) is 0 Å². The summed E-state index contributed by atoms with van der Waals surface area (Å²) in [5.41, 5.74) is 0. The summed E-state index contributed by atoms with van der Waals surface area (Å²) < 4.78 is 5.02. The Kier molecular flexibility index (Phi) is 3.89. The van der Waals surface area contributed by atoms with Crippen LogP contribution in [0.25, 0.3) is 0 Å². The van der Waals surface area contributed by atoms with E-state index in [4.69, 9.17) is 4.74 Å². The first-order valence-corrected chi connectivity index (χ1v) is 5.12. The molecule has 4 nitrogen and oxygen atoms in total. The van der Waals surface area contributed by atoms with E-state index in [1.54, 1.807) is 14.0 Å². The molecule has 0 spiro atoms. The Bertz CT molecular complexity index is 198. The second kappa shape index (κ2) is 4.75. The maximum atomic E-state index is 11.8. The SMILES string of the molecule is COC(C)C(=O)N1C[C@@H](C)N[C@@H](C)C1. The van der Waals surface area contributed by atoms with Crippen LogP contribution in [0.4, 0.5) is 0 Å². The zero-order valence-electron chi connectivity index (χ0n) is 9.41. The highest BCUT2D eigenvalue weighted by Gasteiger charge is 2.27. The lowest BCUT2D eigenvalue weighted by molar-refractivity contribution is -0.142. The van der Waals surface area contributed by atoms with Gasteiger partial charge in [0, 0.05) is 32.3 Å². The highest BCUT2D eigenvalue weighted by atomic mass is 16.5. The van der Waals surface area contributed by atoms with Gasteiger partial charge in [0.05, 0.1) is 0 Å². The van der Waals surface area contributed by atoms with E-state index in [1.807, 2.05) is 4.90 Å². The smallest absolute Gasteiger partial charge is 0.251 e. The van der Waals surface area contributed by atoms with Gasteiger partial charge in [-0.15, -0.1) is 0 Å². The largest absolute Gasteiger partial charge is 0.372 e. The summed E-state index contributed by atoms with van der Waals surface area (Å²) in [6, 6.07) is 0.735. The fourth-order valence-electron chi connectivity index (χ4n) is 1.86. The molecule has 1 N–H and O–H groups in total. The standard InChI is InChI=1S/C10H20N2O2/c1-7-5-12(6-8(2)11-7)10(13)9(3)14-4/h7-9,11H,5-6H2,1-4H3/t7-,8+,9?. The van der Waals surface area contributed by atoms with Crippen LogP contribution in [0, 0.1) is 0 Å². The highest BCUT2D eigenvalue weighted by Crippen LogP contribution is 2.07. The van der Waals surface area contributed by atoms with E-state index in [2.05, 4.69) is 19.2 Å². The Balaban J connectivity index is 2.54. The average molecular weight is 200 g/mol. The summed E-state index contributed by atoms with van der Waals surface area (Å²) in [5.74, 6) is 0.0905. The second-order valence-electron chi connectivity index (χ2n) is 4.09. The fraction of sp³-hybridized carbons (Fsp3) is 0.900.